The quantitative estimate of drug-likeness (QED) is 0.473. The summed E-state index contributed by atoms with van der Waals surface area (Å²) in [5.74, 6) is 0.255. The molecule has 33 heavy (non-hydrogen) atoms. The zero-order valence-corrected chi connectivity index (χ0v) is 17.5. The molecule has 9 heteroatoms. The molecule has 2 heterocycles. The van der Waals surface area contributed by atoms with Crippen molar-refractivity contribution >= 4 is 5.91 Å². The summed E-state index contributed by atoms with van der Waals surface area (Å²) in [4.78, 5) is 32.4. The van der Waals surface area contributed by atoms with Crippen LogP contribution in [0.2, 0.25) is 0 Å². The number of nitrogens with zero attached hydrogens (tertiary/aromatic N) is 4. The highest BCUT2D eigenvalue weighted by atomic mass is 16.5. The van der Waals surface area contributed by atoms with E-state index in [4.69, 9.17) is 4.74 Å². The number of hydrogen-bond acceptors (Lipinski definition) is 7. The highest BCUT2D eigenvalue weighted by molar-refractivity contribution is 5.94. The van der Waals surface area contributed by atoms with E-state index in [2.05, 4.69) is 31.6 Å². The number of methoxy groups -OCH3 is 1. The van der Waals surface area contributed by atoms with Gasteiger partial charge in [-0.2, -0.15) is 10.4 Å². The van der Waals surface area contributed by atoms with Crippen LogP contribution in [0.3, 0.4) is 0 Å². The molecule has 9 nitrogen and oxygen atoms in total. The van der Waals surface area contributed by atoms with E-state index in [1.807, 2.05) is 12.1 Å². The summed E-state index contributed by atoms with van der Waals surface area (Å²) in [6.45, 7) is 0. The molecule has 2 aromatic heterocycles. The number of rotatable bonds is 6. The predicted molar refractivity (Wildman–Crippen MR) is 119 cm³/mol. The summed E-state index contributed by atoms with van der Waals surface area (Å²) < 4.78 is 5.21. The van der Waals surface area contributed by atoms with Crippen molar-refractivity contribution in [2.24, 2.45) is 0 Å². The molecule has 0 radical (unpaired) electrons. The van der Waals surface area contributed by atoms with Gasteiger partial charge < -0.3 is 15.0 Å². The van der Waals surface area contributed by atoms with Crippen LogP contribution in [0, 0.1) is 11.3 Å². The van der Waals surface area contributed by atoms with Gasteiger partial charge in [-0.15, -0.1) is 5.10 Å². The second-order valence-electron chi connectivity index (χ2n) is 7.00. The molecule has 0 aliphatic carbocycles. The van der Waals surface area contributed by atoms with Crippen molar-refractivity contribution < 1.29 is 9.53 Å². The van der Waals surface area contributed by atoms with Crippen LogP contribution in [-0.4, -0.2) is 33.2 Å². The van der Waals surface area contributed by atoms with E-state index in [9.17, 15) is 14.9 Å². The van der Waals surface area contributed by atoms with E-state index in [1.54, 1.807) is 55.6 Å². The molecular formula is C24H18N6O3. The molecule has 0 fully saturated rings. The number of benzene rings is 2. The smallest absolute Gasteiger partial charge is 0.264 e. The van der Waals surface area contributed by atoms with Gasteiger partial charge in [0.05, 0.1) is 24.8 Å². The topological polar surface area (TPSA) is 134 Å². The zero-order valence-electron chi connectivity index (χ0n) is 17.5. The lowest BCUT2D eigenvalue weighted by molar-refractivity contribution is 0.0941. The Morgan fingerprint density at radius 2 is 1.94 bits per heavy atom. The molecule has 2 N–H and O–H groups in total. The minimum atomic E-state index is -0.615. The Labute approximate surface area is 188 Å². The average molecular weight is 438 g/mol. The normalized spacial score (nSPS) is 11.3. The standard InChI is InChI=1S/C24H18N6O3/c1-33-18-9-7-16(8-10-18)21(17-5-2-4-15(12-17)13-25)28-23(31)19-14-26-22(29-24(19)32)20-6-3-11-27-30-20/h2-12,14,21H,1H3,(H,28,31)(H,26,29,32)/t21-/m1/s1. The predicted octanol–water partition coefficient (Wildman–Crippen LogP) is 2.63. The first-order valence-corrected chi connectivity index (χ1v) is 9.91. The highest BCUT2D eigenvalue weighted by Crippen LogP contribution is 2.25. The number of amides is 1. The Balaban J connectivity index is 1.67. The lowest BCUT2D eigenvalue weighted by Crippen LogP contribution is -2.33. The van der Waals surface area contributed by atoms with Crippen molar-refractivity contribution in [2.45, 2.75) is 6.04 Å². The third-order valence-electron chi connectivity index (χ3n) is 4.93. The van der Waals surface area contributed by atoms with Crippen LogP contribution in [-0.2, 0) is 0 Å². The molecular weight excluding hydrogens is 420 g/mol. The molecule has 0 saturated heterocycles. The van der Waals surface area contributed by atoms with Gasteiger partial charge in [-0.3, -0.25) is 9.59 Å². The van der Waals surface area contributed by atoms with E-state index in [0.717, 1.165) is 5.56 Å². The number of carbonyl (C=O) groups is 1. The fraction of sp³-hybridized carbons (Fsp3) is 0.0833. The fourth-order valence-electron chi connectivity index (χ4n) is 3.27. The number of nitriles is 1. The molecule has 0 bridgehead atoms. The van der Waals surface area contributed by atoms with Crippen molar-refractivity contribution in [3.05, 3.63) is 106 Å². The number of ether oxygens (including phenoxy) is 1. The SMILES string of the molecule is COc1ccc([C@@H](NC(=O)c2cnc(-c3cccnn3)[nH]c2=O)c2cccc(C#N)c2)cc1. The number of carbonyl (C=O) groups excluding carboxylic acids is 1. The Bertz CT molecular complexity index is 1380. The number of H-pyrrole nitrogens is 1. The number of hydrogen-bond donors (Lipinski definition) is 2. The number of aromatic amines is 1. The molecule has 162 valence electrons. The van der Waals surface area contributed by atoms with Gasteiger partial charge >= 0.3 is 0 Å². The summed E-state index contributed by atoms with van der Waals surface area (Å²) >= 11 is 0. The Kier molecular flexibility index (Phi) is 6.18. The summed E-state index contributed by atoms with van der Waals surface area (Å²) in [5.41, 5.74) is 1.51. The third kappa shape index (κ3) is 4.75. The van der Waals surface area contributed by atoms with Crippen molar-refractivity contribution in [2.75, 3.05) is 7.11 Å². The van der Waals surface area contributed by atoms with Gasteiger partial charge in [0.1, 0.15) is 17.0 Å². The number of aromatic nitrogens is 4. The molecule has 0 saturated carbocycles. The van der Waals surface area contributed by atoms with Gasteiger partial charge in [0, 0.05) is 12.4 Å². The van der Waals surface area contributed by atoms with Crippen LogP contribution >= 0.6 is 0 Å². The Morgan fingerprint density at radius 3 is 2.61 bits per heavy atom. The Hall–Kier alpha value is -4.84. The van der Waals surface area contributed by atoms with Gasteiger partial charge in [-0.1, -0.05) is 24.3 Å². The molecule has 0 aliphatic rings. The van der Waals surface area contributed by atoms with E-state index >= 15 is 0 Å². The van der Waals surface area contributed by atoms with Crippen molar-refractivity contribution in [3.8, 4) is 23.3 Å². The van der Waals surface area contributed by atoms with E-state index in [-0.39, 0.29) is 11.4 Å². The first-order valence-electron chi connectivity index (χ1n) is 9.91. The lowest BCUT2D eigenvalue weighted by atomic mass is 9.97. The van der Waals surface area contributed by atoms with Crippen molar-refractivity contribution in [3.63, 3.8) is 0 Å². The van der Waals surface area contributed by atoms with E-state index < -0.39 is 17.5 Å². The minimum Gasteiger partial charge on any atom is -0.497 e. The molecule has 4 rings (SSSR count). The minimum absolute atomic E-state index is 0.155. The molecule has 0 aliphatic heterocycles. The van der Waals surface area contributed by atoms with Crippen LogP contribution in [0.1, 0.15) is 33.1 Å². The summed E-state index contributed by atoms with van der Waals surface area (Å²) in [5, 5.41) is 19.8. The number of nitrogens with one attached hydrogen (secondary N) is 2. The average Bonchev–Trinajstić information content (AvgIpc) is 2.87. The highest BCUT2D eigenvalue weighted by Gasteiger charge is 2.21. The fourth-order valence-corrected chi connectivity index (χ4v) is 3.27. The van der Waals surface area contributed by atoms with E-state index in [1.165, 1.54) is 12.4 Å². The molecule has 4 aromatic rings. The van der Waals surface area contributed by atoms with Gasteiger partial charge in [-0.05, 0) is 47.5 Å². The maximum Gasteiger partial charge on any atom is 0.264 e. The van der Waals surface area contributed by atoms with Crippen LogP contribution in [0.4, 0.5) is 0 Å². The monoisotopic (exact) mass is 438 g/mol. The zero-order chi connectivity index (χ0) is 23.2. The summed E-state index contributed by atoms with van der Waals surface area (Å²) in [6, 6.07) is 18.9. The maximum absolute atomic E-state index is 13.1. The molecule has 0 spiro atoms. The lowest BCUT2D eigenvalue weighted by Gasteiger charge is -2.20. The molecule has 1 atom stereocenters. The Morgan fingerprint density at radius 1 is 1.12 bits per heavy atom. The second-order valence-corrected chi connectivity index (χ2v) is 7.00. The first kappa shape index (κ1) is 21.4. The summed E-state index contributed by atoms with van der Waals surface area (Å²) in [7, 11) is 1.56. The van der Waals surface area contributed by atoms with Crippen LogP contribution in [0.5, 0.6) is 5.75 Å². The van der Waals surface area contributed by atoms with Crippen LogP contribution < -0.4 is 15.6 Å². The van der Waals surface area contributed by atoms with Crippen molar-refractivity contribution in [1.29, 1.82) is 5.26 Å². The van der Waals surface area contributed by atoms with E-state index in [0.29, 0.717) is 22.6 Å². The summed E-state index contributed by atoms with van der Waals surface area (Å²) in [6.07, 6.45) is 2.71. The van der Waals surface area contributed by atoms with Gasteiger partial charge in [0.25, 0.3) is 11.5 Å². The van der Waals surface area contributed by atoms with Gasteiger partial charge in [0.15, 0.2) is 5.82 Å². The maximum atomic E-state index is 13.1. The largest absolute Gasteiger partial charge is 0.497 e. The second kappa shape index (κ2) is 9.53. The molecule has 0 unspecified atom stereocenters. The first-order chi connectivity index (χ1) is 16.1. The van der Waals surface area contributed by atoms with Gasteiger partial charge in [0.2, 0.25) is 0 Å². The van der Waals surface area contributed by atoms with Crippen LogP contribution in [0.15, 0.2) is 77.9 Å². The third-order valence-corrected chi connectivity index (χ3v) is 4.93. The molecule has 2 aromatic carbocycles. The van der Waals surface area contributed by atoms with Gasteiger partial charge in [-0.25, -0.2) is 4.98 Å². The van der Waals surface area contributed by atoms with Crippen LogP contribution in [0.25, 0.3) is 11.5 Å². The molecule has 1 amide bonds. The van der Waals surface area contributed by atoms with Crippen molar-refractivity contribution in [1.82, 2.24) is 25.5 Å².